The summed E-state index contributed by atoms with van der Waals surface area (Å²) < 4.78 is 32.3. The maximum absolute atomic E-state index is 15.5. The van der Waals surface area contributed by atoms with Crippen LogP contribution in [0.2, 0.25) is 5.02 Å². The van der Waals surface area contributed by atoms with Gasteiger partial charge in [-0.1, -0.05) is 29.8 Å². The number of fused-ring (bicyclic) bond motifs is 1. The van der Waals surface area contributed by atoms with Crippen molar-refractivity contribution < 1.29 is 33.3 Å². The van der Waals surface area contributed by atoms with Gasteiger partial charge in [-0.25, -0.2) is 9.18 Å². The molecule has 0 aromatic heterocycles. The van der Waals surface area contributed by atoms with Crippen LogP contribution in [0.1, 0.15) is 26.3 Å². The van der Waals surface area contributed by atoms with Crippen molar-refractivity contribution in [3.63, 3.8) is 0 Å². The summed E-state index contributed by atoms with van der Waals surface area (Å²) in [5.74, 6) is -1.66. The number of rotatable bonds is 6. The largest absolute Gasteiger partial charge is 0.478 e. The maximum atomic E-state index is 15.5. The van der Waals surface area contributed by atoms with E-state index in [1.165, 1.54) is 0 Å². The number of carboxylic acid groups (broad SMARTS) is 1. The quantitative estimate of drug-likeness (QED) is 0.427. The van der Waals surface area contributed by atoms with Gasteiger partial charge in [-0.2, -0.15) is 0 Å². The topological polar surface area (TPSA) is 95.0 Å². The third kappa shape index (κ3) is 5.81. The van der Waals surface area contributed by atoms with E-state index in [9.17, 15) is 14.7 Å². The van der Waals surface area contributed by atoms with Gasteiger partial charge >= 0.3 is 5.97 Å². The van der Waals surface area contributed by atoms with Gasteiger partial charge in [0.2, 0.25) is 0 Å². The molecule has 0 aliphatic carbocycles. The molecule has 4 aliphatic rings. The van der Waals surface area contributed by atoms with E-state index >= 15 is 4.39 Å². The average molecular weight is 637 g/mol. The highest BCUT2D eigenvalue weighted by Crippen LogP contribution is 2.40. The van der Waals surface area contributed by atoms with Crippen LogP contribution in [0.5, 0.6) is 5.75 Å². The Labute approximate surface area is 265 Å². The molecule has 3 saturated heterocycles. The van der Waals surface area contributed by atoms with E-state index in [2.05, 4.69) is 9.80 Å². The average Bonchev–Trinajstić information content (AvgIpc) is 3.03. The molecule has 236 valence electrons. The Balaban J connectivity index is 1.09. The van der Waals surface area contributed by atoms with Crippen LogP contribution in [-0.2, 0) is 16.0 Å². The Morgan fingerprint density at radius 3 is 2.33 bits per heavy atom. The Morgan fingerprint density at radius 2 is 1.64 bits per heavy atom. The zero-order valence-corrected chi connectivity index (χ0v) is 25.5. The molecule has 10 nitrogen and oxygen atoms in total. The van der Waals surface area contributed by atoms with Gasteiger partial charge < -0.3 is 34.0 Å². The number of morpholine rings is 1. The summed E-state index contributed by atoms with van der Waals surface area (Å²) in [6, 6.07) is 14.1. The lowest BCUT2D eigenvalue weighted by atomic mass is 9.97. The van der Waals surface area contributed by atoms with Crippen molar-refractivity contribution >= 4 is 34.9 Å². The number of carbonyl (C=O) groups is 2. The third-order valence-electron chi connectivity index (χ3n) is 9.07. The summed E-state index contributed by atoms with van der Waals surface area (Å²) in [5, 5.41) is 10.2. The number of benzene rings is 3. The highest BCUT2D eigenvalue weighted by molar-refractivity contribution is 6.34. The monoisotopic (exact) mass is 636 g/mol. The van der Waals surface area contributed by atoms with Crippen molar-refractivity contribution in [1.82, 2.24) is 9.80 Å². The Kier molecular flexibility index (Phi) is 8.26. The highest BCUT2D eigenvalue weighted by Gasteiger charge is 2.31. The first-order valence-electron chi connectivity index (χ1n) is 15.2. The molecule has 4 heterocycles. The molecule has 0 bridgehead atoms. The van der Waals surface area contributed by atoms with Crippen LogP contribution in [0.15, 0.2) is 48.5 Å². The minimum absolute atomic E-state index is 0.0427. The van der Waals surface area contributed by atoms with Gasteiger partial charge in [-0.3, -0.25) is 9.69 Å². The summed E-state index contributed by atoms with van der Waals surface area (Å²) in [5.41, 5.74) is 3.14. The zero-order valence-electron chi connectivity index (χ0n) is 24.7. The SMILES string of the molecule is O=C(O)c1cc(F)c(-c2cccc3c2OCN(C(=O)c2ccc(N4CCN(C5COC5)CC4)cc2Cl)C3)cc1N1CCOCC1. The van der Waals surface area contributed by atoms with Crippen molar-refractivity contribution in [1.29, 1.82) is 0 Å². The third-order valence-corrected chi connectivity index (χ3v) is 9.38. The predicted molar refractivity (Wildman–Crippen MR) is 167 cm³/mol. The number of carbonyl (C=O) groups excluding carboxylic acids is 1. The van der Waals surface area contributed by atoms with Crippen LogP contribution in [0.3, 0.4) is 0 Å². The first-order chi connectivity index (χ1) is 21.9. The molecular formula is C33H34ClFN4O6. The predicted octanol–water partition coefficient (Wildman–Crippen LogP) is 4.19. The molecule has 3 fully saturated rings. The lowest BCUT2D eigenvalue weighted by molar-refractivity contribution is -0.0660. The molecule has 0 radical (unpaired) electrons. The van der Waals surface area contributed by atoms with Crippen LogP contribution in [0.4, 0.5) is 15.8 Å². The molecule has 4 aliphatic heterocycles. The standard InChI is InChI=1S/C33H34ClFN4O6/c34-28-14-22(36-6-8-37(9-7-36)23-18-44-19-23)4-5-25(28)32(40)39-17-21-2-1-3-24(31(21)45-20-39)26-16-30(38-10-12-43-13-11-38)27(33(41)42)15-29(26)35/h1-5,14-16,23H,6-13,17-20H2,(H,41,42). The number of hydrogen-bond donors (Lipinski definition) is 1. The number of nitrogens with zero attached hydrogens (tertiary/aromatic N) is 4. The number of aromatic carboxylic acids is 1. The van der Waals surface area contributed by atoms with Gasteiger partial charge in [0, 0.05) is 61.6 Å². The molecule has 7 rings (SSSR count). The van der Waals surface area contributed by atoms with Crippen molar-refractivity contribution in [3.05, 3.63) is 76.1 Å². The minimum Gasteiger partial charge on any atom is -0.478 e. The zero-order chi connectivity index (χ0) is 31.1. The number of ether oxygens (including phenoxy) is 3. The van der Waals surface area contributed by atoms with Crippen LogP contribution < -0.4 is 14.5 Å². The minimum atomic E-state index is -1.20. The lowest BCUT2D eigenvalue weighted by Gasteiger charge is -2.43. The first kappa shape index (κ1) is 29.8. The Hall–Kier alpha value is -3.90. The number of piperazine rings is 1. The summed E-state index contributed by atoms with van der Waals surface area (Å²) in [4.78, 5) is 33.8. The summed E-state index contributed by atoms with van der Waals surface area (Å²) in [7, 11) is 0. The number of para-hydroxylation sites is 1. The fraction of sp³-hybridized carbons (Fsp3) is 0.394. The van der Waals surface area contributed by atoms with E-state index in [1.807, 2.05) is 23.1 Å². The maximum Gasteiger partial charge on any atom is 0.337 e. The molecule has 1 amide bonds. The lowest BCUT2D eigenvalue weighted by Crippen LogP contribution is -2.56. The van der Waals surface area contributed by atoms with Gasteiger partial charge in [0.25, 0.3) is 5.91 Å². The molecule has 3 aromatic carbocycles. The van der Waals surface area contributed by atoms with Gasteiger partial charge in [-0.05, 0) is 30.3 Å². The van der Waals surface area contributed by atoms with Crippen LogP contribution >= 0.6 is 11.6 Å². The number of anilines is 2. The summed E-state index contributed by atoms with van der Waals surface area (Å²) in [6.45, 7) is 7.42. The number of amides is 1. The van der Waals surface area contributed by atoms with E-state index in [-0.39, 0.29) is 30.3 Å². The Bertz CT molecular complexity index is 1620. The second-order valence-corrected chi connectivity index (χ2v) is 12.1. The molecule has 45 heavy (non-hydrogen) atoms. The van der Waals surface area contributed by atoms with Gasteiger partial charge in [-0.15, -0.1) is 0 Å². The molecule has 0 atom stereocenters. The van der Waals surface area contributed by atoms with Crippen molar-refractivity contribution in [2.45, 2.75) is 12.6 Å². The van der Waals surface area contributed by atoms with E-state index in [1.54, 1.807) is 29.2 Å². The highest BCUT2D eigenvalue weighted by atomic mass is 35.5. The molecule has 12 heteroatoms. The van der Waals surface area contributed by atoms with E-state index < -0.39 is 11.8 Å². The van der Waals surface area contributed by atoms with Crippen molar-refractivity contribution in [2.75, 3.05) is 82.2 Å². The number of hydrogen-bond acceptors (Lipinski definition) is 8. The van der Waals surface area contributed by atoms with Crippen molar-refractivity contribution in [3.8, 4) is 16.9 Å². The number of carboxylic acids is 1. The molecule has 0 saturated carbocycles. The molecule has 0 spiro atoms. The second-order valence-electron chi connectivity index (χ2n) is 11.7. The van der Waals surface area contributed by atoms with Gasteiger partial charge in [0.05, 0.1) is 60.9 Å². The van der Waals surface area contributed by atoms with Crippen LogP contribution in [0.25, 0.3) is 11.1 Å². The van der Waals surface area contributed by atoms with Crippen LogP contribution in [-0.4, -0.2) is 105 Å². The van der Waals surface area contributed by atoms with Crippen LogP contribution in [0, 0.1) is 5.82 Å². The number of halogens is 2. The van der Waals surface area contributed by atoms with Crippen molar-refractivity contribution in [2.24, 2.45) is 0 Å². The Morgan fingerprint density at radius 1 is 0.867 bits per heavy atom. The fourth-order valence-electron chi connectivity index (χ4n) is 6.45. The summed E-state index contributed by atoms with van der Waals surface area (Å²) >= 11 is 6.67. The van der Waals surface area contributed by atoms with E-state index in [4.69, 9.17) is 25.8 Å². The van der Waals surface area contributed by atoms with Gasteiger partial charge in [0.15, 0.2) is 6.73 Å². The summed E-state index contributed by atoms with van der Waals surface area (Å²) in [6.07, 6.45) is 0. The molecule has 0 unspecified atom stereocenters. The first-order valence-corrected chi connectivity index (χ1v) is 15.6. The second kappa shape index (κ2) is 12.5. The van der Waals surface area contributed by atoms with Gasteiger partial charge in [0.1, 0.15) is 11.6 Å². The van der Waals surface area contributed by atoms with E-state index in [0.29, 0.717) is 65.5 Å². The molecular weight excluding hydrogens is 603 g/mol. The smallest absolute Gasteiger partial charge is 0.337 e. The van der Waals surface area contributed by atoms with E-state index in [0.717, 1.165) is 51.1 Å². The molecule has 3 aromatic rings. The normalized spacial score (nSPS) is 19.1. The fourth-order valence-corrected chi connectivity index (χ4v) is 6.70. The molecule has 1 N–H and O–H groups in total.